The van der Waals surface area contributed by atoms with Crippen LogP contribution in [-0.4, -0.2) is 22.4 Å². The lowest BCUT2D eigenvalue weighted by molar-refractivity contribution is -0.118. The molecule has 6 nitrogen and oxygen atoms in total. The third kappa shape index (κ3) is 3.37. The standard InChI is InChI=1S/C15H13N3O3S/c1-10(12-7-4-8-20-12)17-18-14(19)9-22-15-16-11-5-2-3-6-13(11)21-15/h2-8H,9H2,1H3,(H,18,19)/b17-10-. The Labute approximate surface area is 130 Å². The van der Waals surface area contributed by atoms with Gasteiger partial charge in [0.05, 0.1) is 12.0 Å². The molecule has 0 aliphatic heterocycles. The van der Waals surface area contributed by atoms with Crippen LogP contribution in [-0.2, 0) is 4.79 Å². The van der Waals surface area contributed by atoms with Crippen LogP contribution in [0, 0.1) is 0 Å². The summed E-state index contributed by atoms with van der Waals surface area (Å²) in [7, 11) is 0. The van der Waals surface area contributed by atoms with Crippen molar-refractivity contribution in [2.24, 2.45) is 5.10 Å². The van der Waals surface area contributed by atoms with E-state index in [9.17, 15) is 4.79 Å². The highest BCUT2D eigenvalue weighted by Crippen LogP contribution is 2.22. The fourth-order valence-corrected chi connectivity index (χ4v) is 2.39. The van der Waals surface area contributed by atoms with Gasteiger partial charge in [0, 0.05) is 0 Å². The van der Waals surface area contributed by atoms with Crippen LogP contribution in [0.3, 0.4) is 0 Å². The van der Waals surface area contributed by atoms with Gasteiger partial charge in [0.15, 0.2) is 5.58 Å². The Morgan fingerprint density at radius 3 is 2.95 bits per heavy atom. The quantitative estimate of drug-likeness (QED) is 0.444. The van der Waals surface area contributed by atoms with Crippen LogP contribution >= 0.6 is 11.8 Å². The van der Waals surface area contributed by atoms with Crippen molar-refractivity contribution >= 4 is 34.5 Å². The first-order chi connectivity index (χ1) is 10.7. The van der Waals surface area contributed by atoms with Gasteiger partial charge < -0.3 is 8.83 Å². The molecule has 0 unspecified atom stereocenters. The largest absolute Gasteiger partial charge is 0.463 e. The monoisotopic (exact) mass is 315 g/mol. The van der Waals surface area contributed by atoms with Gasteiger partial charge in [-0.05, 0) is 31.2 Å². The number of para-hydroxylation sites is 2. The summed E-state index contributed by atoms with van der Waals surface area (Å²) in [5, 5.41) is 4.44. The predicted molar refractivity (Wildman–Crippen MR) is 83.8 cm³/mol. The number of hydrogen-bond acceptors (Lipinski definition) is 6. The van der Waals surface area contributed by atoms with Crippen molar-refractivity contribution in [1.82, 2.24) is 10.4 Å². The second-order valence-corrected chi connectivity index (χ2v) is 5.37. The normalized spacial score (nSPS) is 11.8. The molecular formula is C15H13N3O3S. The molecule has 1 amide bonds. The molecule has 22 heavy (non-hydrogen) atoms. The number of thioether (sulfide) groups is 1. The molecule has 112 valence electrons. The number of rotatable bonds is 5. The molecule has 7 heteroatoms. The Balaban J connectivity index is 1.55. The molecule has 0 saturated heterocycles. The van der Waals surface area contributed by atoms with Crippen molar-refractivity contribution in [3.05, 3.63) is 48.4 Å². The molecule has 0 bridgehead atoms. The summed E-state index contributed by atoms with van der Waals surface area (Å²) in [5.41, 5.74) is 4.56. The summed E-state index contributed by atoms with van der Waals surface area (Å²) in [6, 6.07) is 11.0. The number of nitrogens with one attached hydrogen (secondary N) is 1. The second-order valence-electron chi connectivity index (χ2n) is 4.45. The Bertz CT molecular complexity index is 775. The van der Waals surface area contributed by atoms with Crippen LogP contribution in [0.2, 0.25) is 0 Å². The van der Waals surface area contributed by atoms with Crippen LogP contribution in [0.1, 0.15) is 12.7 Å². The van der Waals surface area contributed by atoms with Crippen molar-refractivity contribution in [2.45, 2.75) is 12.1 Å². The lowest BCUT2D eigenvalue weighted by Crippen LogP contribution is -2.21. The van der Waals surface area contributed by atoms with E-state index >= 15 is 0 Å². The number of amides is 1. The van der Waals surface area contributed by atoms with Crippen LogP contribution in [0.25, 0.3) is 11.1 Å². The number of benzene rings is 1. The van der Waals surface area contributed by atoms with E-state index in [4.69, 9.17) is 8.83 Å². The van der Waals surface area contributed by atoms with E-state index in [2.05, 4.69) is 15.5 Å². The zero-order valence-corrected chi connectivity index (χ0v) is 12.6. The Hall–Kier alpha value is -2.54. The van der Waals surface area contributed by atoms with Crippen molar-refractivity contribution in [3.8, 4) is 0 Å². The van der Waals surface area contributed by atoms with Gasteiger partial charge in [0.1, 0.15) is 17.0 Å². The van der Waals surface area contributed by atoms with Crippen molar-refractivity contribution in [3.63, 3.8) is 0 Å². The van der Waals surface area contributed by atoms with E-state index < -0.39 is 0 Å². The molecule has 3 rings (SSSR count). The summed E-state index contributed by atoms with van der Waals surface area (Å²) >= 11 is 1.22. The van der Waals surface area contributed by atoms with E-state index in [1.807, 2.05) is 24.3 Å². The summed E-state index contributed by atoms with van der Waals surface area (Å²) in [5.74, 6) is 0.548. The second kappa shape index (κ2) is 6.48. The molecule has 0 aliphatic rings. The lowest BCUT2D eigenvalue weighted by Gasteiger charge is -1.99. The number of carbonyl (C=O) groups is 1. The zero-order chi connectivity index (χ0) is 15.4. The summed E-state index contributed by atoms with van der Waals surface area (Å²) < 4.78 is 10.7. The van der Waals surface area contributed by atoms with Crippen LogP contribution in [0.15, 0.2) is 61.8 Å². The number of oxazole rings is 1. The average Bonchev–Trinajstić information content (AvgIpc) is 3.19. The first-order valence-corrected chi connectivity index (χ1v) is 7.56. The highest BCUT2D eigenvalue weighted by Gasteiger charge is 2.09. The maximum Gasteiger partial charge on any atom is 0.257 e. The molecule has 2 aromatic heterocycles. The van der Waals surface area contributed by atoms with Crippen LogP contribution in [0.5, 0.6) is 0 Å². The van der Waals surface area contributed by atoms with Crippen LogP contribution in [0.4, 0.5) is 0 Å². The van der Waals surface area contributed by atoms with Crippen molar-refractivity contribution < 1.29 is 13.6 Å². The molecule has 0 radical (unpaired) electrons. The predicted octanol–water partition coefficient (Wildman–Crippen LogP) is 3.05. The number of fused-ring (bicyclic) bond motifs is 1. The van der Waals surface area contributed by atoms with E-state index in [1.54, 1.807) is 25.3 Å². The summed E-state index contributed by atoms with van der Waals surface area (Å²) in [6.45, 7) is 1.76. The third-order valence-corrected chi connectivity index (χ3v) is 3.66. The number of aromatic nitrogens is 1. The SMILES string of the molecule is C/C(=N/NC(=O)CSc1nc2ccccc2o1)c1ccco1. The van der Waals surface area contributed by atoms with Gasteiger partial charge in [-0.1, -0.05) is 23.9 Å². The number of carbonyl (C=O) groups excluding carboxylic acids is 1. The zero-order valence-electron chi connectivity index (χ0n) is 11.8. The van der Waals surface area contributed by atoms with Crippen molar-refractivity contribution in [2.75, 3.05) is 5.75 Å². The molecule has 2 heterocycles. The highest BCUT2D eigenvalue weighted by atomic mass is 32.2. The lowest BCUT2D eigenvalue weighted by atomic mass is 10.3. The fraction of sp³-hybridized carbons (Fsp3) is 0.133. The van der Waals surface area contributed by atoms with Gasteiger partial charge in [-0.15, -0.1) is 0 Å². The molecule has 0 saturated carbocycles. The molecule has 0 fully saturated rings. The molecule has 1 N–H and O–H groups in total. The van der Waals surface area contributed by atoms with E-state index in [0.29, 0.717) is 22.3 Å². The molecular weight excluding hydrogens is 302 g/mol. The van der Waals surface area contributed by atoms with Gasteiger partial charge in [0.2, 0.25) is 0 Å². The third-order valence-electron chi connectivity index (χ3n) is 2.83. The molecule has 3 aromatic rings. The van der Waals surface area contributed by atoms with Crippen LogP contribution < -0.4 is 5.43 Å². The fourth-order valence-electron chi connectivity index (χ4n) is 1.76. The number of nitrogens with zero attached hydrogens (tertiary/aromatic N) is 2. The molecule has 0 spiro atoms. The molecule has 0 atom stereocenters. The van der Waals surface area contributed by atoms with Crippen molar-refractivity contribution in [1.29, 1.82) is 0 Å². The minimum absolute atomic E-state index is 0.168. The van der Waals surface area contributed by atoms with Gasteiger partial charge in [-0.3, -0.25) is 4.79 Å². The van der Waals surface area contributed by atoms with Gasteiger partial charge in [-0.25, -0.2) is 10.4 Å². The van der Waals surface area contributed by atoms with Gasteiger partial charge in [0.25, 0.3) is 11.1 Å². The average molecular weight is 315 g/mol. The van der Waals surface area contributed by atoms with E-state index in [1.165, 1.54) is 11.8 Å². The maximum absolute atomic E-state index is 11.8. The van der Waals surface area contributed by atoms with Gasteiger partial charge >= 0.3 is 0 Å². The number of hydrogen-bond donors (Lipinski definition) is 1. The highest BCUT2D eigenvalue weighted by molar-refractivity contribution is 7.99. The molecule has 1 aromatic carbocycles. The summed E-state index contributed by atoms with van der Waals surface area (Å²) in [4.78, 5) is 16.1. The Morgan fingerprint density at radius 2 is 2.18 bits per heavy atom. The summed E-state index contributed by atoms with van der Waals surface area (Å²) in [6.07, 6.45) is 1.55. The Morgan fingerprint density at radius 1 is 1.32 bits per heavy atom. The van der Waals surface area contributed by atoms with E-state index in [0.717, 1.165) is 5.52 Å². The Kier molecular flexibility index (Phi) is 4.24. The minimum Gasteiger partial charge on any atom is -0.463 e. The number of hydrazone groups is 1. The van der Waals surface area contributed by atoms with Gasteiger partial charge in [-0.2, -0.15) is 5.10 Å². The maximum atomic E-state index is 11.8. The number of furan rings is 1. The topological polar surface area (TPSA) is 80.6 Å². The first kappa shape index (κ1) is 14.4. The smallest absolute Gasteiger partial charge is 0.257 e. The van der Waals surface area contributed by atoms with E-state index in [-0.39, 0.29) is 11.7 Å². The first-order valence-electron chi connectivity index (χ1n) is 6.58. The minimum atomic E-state index is -0.238. The molecule has 0 aliphatic carbocycles.